The van der Waals surface area contributed by atoms with Crippen LogP contribution >= 0.6 is 0 Å². The number of esters is 1. The lowest BCUT2D eigenvalue weighted by Gasteiger charge is -2.43. The second-order valence-corrected chi connectivity index (χ2v) is 13.1. The molecule has 0 aromatic heterocycles. The van der Waals surface area contributed by atoms with Gasteiger partial charge in [0.15, 0.2) is 0 Å². The molecule has 6 rings (SSSR count). The lowest BCUT2D eigenvalue weighted by molar-refractivity contribution is -0.917. The standard InChI is InChI=1S/C37H44N2O4.HI/c1-39(25-27-12-6-3-2-4-7-13-27)22-20-30(21-23-39)38-36(40)35-31-16-10-11-17-33(31)43-34-19-18-29(24-32(34)35)37(41)42-26-28-14-8-5-9-15-28;/h5,8-11,14-19,24,27,30,35H,2-4,6-7,12-13,20-23,25-26H2,1H3;1H. The van der Waals surface area contributed by atoms with Crippen LogP contribution < -0.4 is 34.0 Å². The Morgan fingerprint density at radius 1 is 0.818 bits per heavy atom. The first-order valence-electron chi connectivity index (χ1n) is 16.2. The number of amides is 1. The van der Waals surface area contributed by atoms with E-state index >= 15 is 0 Å². The number of hydrogen-bond acceptors (Lipinski definition) is 4. The molecule has 2 aliphatic heterocycles. The van der Waals surface area contributed by atoms with Crippen LogP contribution in [-0.4, -0.2) is 49.1 Å². The Morgan fingerprint density at radius 3 is 2.23 bits per heavy atom. The fraction of sp³-hybridized carbons (Fsp3) is 0.459. The molecule has 234 valence electrons. The summed E-state index contributed by atoms with van der Waals surface area (Å²) in [6, 6.07) is 22.8. The van der Waals surface area contributed by atoms with Crippen molar-refractivity contribution in [3.05, 3.63) is 95.1 Å². The summed E-state index contributed by atoms with van der Waals surface area (Å²) < 4.78 is 12.9. The zero-order valence-electron chi connectivity index (χ0n) is 25.8. The second-order valence-electron chi connectivity index (χ2n) is 13.1. The Balaban J connectivity index is 0.00000384. The van der Waals surface area contributed by atoms with Gasteiger partial charge in [-0.2, -0.15) is 0 Å². The van der Waals surface area contributed by atoms with E-state index in [4.69, 9.17) is 9.47 Å². The van der Waals surface area contributed by atoms with E-state index < -0.39 is 11.9 Å². The maximum absolute atomic E-state index is 14.0. The van der Waals surface area contributed by atoms with E-state index in [0.29, 0.717) is 22.6 Å². The highest BCUT2D eigenvalue weighted by atomic mass is 127. The van der Waals surface area contributed by atoms with Gasteiger partial charge in [0.2, 0.25) is 5.91 Å². The first-order valence-corrected chi connectivity index (χ1v) is 16.2. The number of fused-ring (bicyclic) bond motifs is 2. The molecule has 1 aliphatic carbocycles. The predicted octanol–water partition coefficient (Wildman–Crippen LogP) is 4.37. The first kappa shape index (κ1) is 32.5. The Labute approximate surface area is 279 Å². The molecule has 0 radical (unpaired) electrons. The van der Waals surface area contributed by atoms with Gasteiger partial charge in [-0.25, -0.2) is 4.79 Å². The lowest BCUT2D eigenvalue weighted by atomic mass is 9.85. The number of rotatable bonds is 7. The number of nitrogens with zero attached hydrogens (tertiary/aromatic N) is 1. The van der Waals surface area contributed by atoms with Gasteiger partial charge in [-0.3, -0.25) is 4.79 Å². The van der Waals surface area contributed by atoms with E-state index in [0.717, 1.165) is 47.5 Å². The van der Waals surface area contributed by atoms with Crippen molar-refractivity contribution in [2.24, 2.45) is 5.92 Å². The third kappa shape index (κ3) is 7.83. The monoisotopic (exact) mass is 708 g/mol. The summed E-state index contributed by atoms with van der Waals surface area (Å²) in [6.07, 6.45) is 11.7. The molecule has 1 N–H and O–H groups in total. The van der Waals surface area contributed by atoms with E-state index in [1.54, 1.807) is 18.2 Å². The fourth-order valence-corrected chi connectivity index (χ4v) is 7.33. The van der Waals surface area contributed by atoms with Crippen LogP contribution in [0.4, 0.5) is 0 Å². The van der Waals surface area contributed by atoms with Gasteiger partial charge in [0.1, 0.15) is 18.1 Å². The molecule has 1 amide bonds. The number of likely N-dealkylation sites (tertiary alicyclic amines) is 1. The average molecular weight is 709 g/mol. The number of para-hydroxylation sites is 1. The average Bonchev–Trinajstić information content (AvgIpc) is 3.01. The molecule has 1 saturated heterocycles. The van der Waals surface area contributed by atoms with Gasteiger partial charge in [-0.15, -0.1) is 0 Å². The molecule has 3 aromatic carbocycles. The van der Waals surface area contributed by atoms with Crippen molar-refractivity contribution >= 4 is 11.9 Å². The number of hydrogen-bond donors (Lipinski definition) is 1. The number of ether oxygens (including phenoxy) is 2. The van der Waals surface area contributed by atoms with Crippen LogP contribution in [0.1, 0.15) is 90.8 Å². The molecule has 0 spiro atoms. The molecule has 0 bridgehead atoms. The van der Waals surface area contributed by atoms with Crippen LogP contribution in [0.3, 0.4) is 0 Å². The van der Waals surface area contributed by atoms with Crippen LogP contribution in [-0.2, 0) is 16.1 Å². The number of carbonyl (C=O) groups excluding carboxylic acids is 2. The van der Waals surface area contributed by atoms with Gasteiger partial charge in [-0.1, -0.05) is 80.6 Å². The number of carbonyl (C=O) groups is 2. The maximum atomic E-state index is 14.0. The minimum atomic E-state index is -0.556. The number of piperidine rings is 1. The summed E-state index contributed by atoms with van der Waals surface area (Å²) in [5.74, 6) is 1.11. The van der Waals surface area contributed by atoms with Gasteiger partial charge in [0.05, 0.1) is 38.2 Å². The van der Waals surface area contributed by atoms with Crippen molar-refractivity contribution in [3.63, 3.8) is 0 Å². The van der Waals surface area contributed by atoms with Crippen LogP contribution in [0.2, 0.25) is 0 Å². The van der Waals surface area contributed by atoms with Gasteiger partial charge in [0, 0.05) is 35.9 Å². The Bertz CT molecular complexity index is 1410. The van der Waals surface area contributed by atoms with E-state index in [-0.39, 0.29) is 42.5 Å². The second kappa shape index (κ2) is 14.9. The third-order valence-corrected chi connectivity index (χ3v) is 9.79. The smallest absolute Gasteiger partial charge is 0.338 e. The summed E-state index contributed by atoms with van der Waals surface area (Å²) in [7, 11) is 2.42. The number of halogens is 1. The van der Waals surface area contributed by atoms with Crippen molar-refractivity contribution in [3.8, 4) is 11.5 Å². The minimum absolute atomic E-state index is 0. The number of nitrogens with one attached hydrogen (secondary N) is 1. The first-order chi connectivity index (χ1) is 21.0. The zero-order chi connectivity index (χ0) is 29.6. The largest absolute Gasteiger partial charge is 1.00 e. The van der Waals surface area contributed by atoms with Crippen LogP contribution in [0.15, 0.2) is 72.8 Å². The van der Waals surface area contributed by atoms with E-state index in [2.05, 4.69) is 12.4 Å². The Hall–Kier alpha value is -2.91. The van der Waals surface area contributed by atoms with Crippen molar-refractivity contribution in [2.45, 2.75) is 76.4 Å². The highest BCUT2D eigenvalue weighted by molar-refractivity contribution is 5.93. The molecule has 3 aliphatic rings. The Kier molecular flexibility index (Phi) is 11.0. The molecular weight excluding hydrogens is 663 g/mol. The highest BCUT2D eigenvalue weighted by Crippen LogP contribution is 2.44. The summed E-state index contributed by atoms with van der Waals surface area (Å²) in [5.41, 5.74) is 2.86. The van der Waals surface area contributed by atoms with Gasteiger partial charge in [-0.05, 0) is 42.7 Å². The summed E-state index contributed by atoms with van der Waals surface area (Å²) in [6.45, 7) is 3.66. The van der Waals surface area contributed by atoms with Crippen molar-refractivity contribution in [1.29, 1.82) is 0 Å². The van der Waals surface area contributed by atoms with Gasteiger partial charge in [0.25, 0.3) is 0 Å². The molecule has 1 atom stereocenters. The minimum Gasteiger partial charge on any atom is -1.00 e. The van der Waals surface area contributed by atoms with Gasteiger partial charge < -0.3 is 43.3 Å². The summed E-state index contributed by atoms with van der Waals surface area (Å²) in [5, 5.41) is 3.40. The van der Waals surface area contributed by atoms with Crippen molar-refractivity contribution in [2.75, 3.05) is 26.7 Å². The van der Waals surface area contributed by atoms with Crippen molar-refractivity contribution < 1.29 is 47.5 Å². The topological polar surface area (TPSA) is 64.6 Å². The molecular formula is C37H45IN2O4. The molecule has 2 fully saturated rings. The molecule has 6 nitrogen and oxygen atoms in total. The lowest BCUT2D eigenvalue weighted by Crippen LogP contribution is -3.00. The zero-order valence-corrected chi connectivity index (χ0v) is 28.0. The quantitative estimate of drug-likeness (QED) is 0.225. The van der Waals surface area contributed by atoms with Crippen LogP contribution in [0.25, 0.3) is 0 Å². The number of quaternary nitrogens is 1. The third-order valence-electron chi connectivity index (χ3n) is 9.79. The van der Waals surface area contributed by atoms with Crippen LogP contribution in [0.5, 0.6) is 11.5 Å². The molecule has 2 heterocycles. The van der Waals surface area contributed by atoms with E-state index in [1.807, 2.05) is 54.6 Å². The molecule has 1 unspecified atom stereocenters. The fourth-order valence-electron chi connectivity index (χ4n) is 7.33. The SMILES string of the molecule is C[N+]1(CC2CCCCCCC2)CCC(NC(=O)C2c3ccccc3Oc3ccc(C(=O)OCc4ccccc4)cc32)CC1.[I-]. The molecule has 1 saturated carbocycles. The van der Waals surface area contributed by atoms with E-state index in [9.17, 15) is 9.59 Å². The molecule has 44 heavy (non-hydrogen) atoms. The summed E-state index contributed by atoms with van der Waals surface area (Å²) in [4.78, 5) is 27.1. The number of benzene rings is 3. The van der Waals surface area contributed by atoms with Gasteiger partial charge >= 0.3 is 5.97 Å². The molecule has 3 aromatic rings. The Morgan fingerprint density at radius 2 is 1.48 bits per heavy atom. The highest BCUT2D eigenvalue weighted by Gasteiger charge is 2.37. The van der Waals surface area contributed by atoms with Crippen LogP contribution in [0, 0.1) is 5.92 Å². The molecule has 7 heteroatoms. The summed E-state index contributed by atoms with van der Waals surface area (Å²) >= 11 is 0. The van der Waals surface area contributed by atoms with Crippen molar-refractivity contribution in [1.82, 2.24) is 5.32 Å². The normalized spacial score (nSPS) is 23.4. The van der Waals surface area contributed by atoms with E-state index in [1.165, 1.54) is 51.5 Å². The maximum Gasteiger partial charge on any atom is 0.338 e. The predicted molar refractivity (Wildman–Crippen MR) is 168 cm³/mol.